The van der Waals surface area contributed by atoms with Crippen LogP contribution >= 0.6 is 0 Å². The molecule has 0 radical (unpaired) electrons. The average Bonchev–Trinajstić information content (AvgIpc) is 2.99. The molecule has 0 aromatic heterocycles. The molecular weight excluding hydrogens is 320 g/mol. The van der Waals surface area contributed by atoms with Crippen molar-refractivity contribution in [2.24, 2.45) is 0 Å². The molecule has 0 aliphatic carbocycles. The Morgan fingerprint density at radius 2 is 1.54 bits per heavy atom. The maximum absolute atomic E-state index is 5.48. The van der Waals surface area contributed by atoms with E-state index in [4.69, 9.17) is 13.3 Å². The molecule has 0 atom stereocenters. The summed E-state index contributed by atoms with van der Waals surface area (Å²) in [5.41, 5.74) is 5.27. The SMILES string of the molecule is CO[Si](CCCN1C=CN(c2c(C)cc(C)cc2C)C1)(OC)OC. The summed E-state index contributed by atoms with van der Waals surface area (Å²) in [7, 11) is 2.54. The van der Waals surface area contributed by atoms with E-state index in [0.717, 1.165) is 25.7 Å². The molecule has 0 spiro atoms. The molecule has 1 aromatic carbocycles. The summed E-state index contributed by atoms with van der Waals surface area (Å²) in [6, 6.07) is 5.31. The van der Waals surface area contributed by atoms with Gasteiger partial charge in [0.15, 0.2) is 0 Å². The second-order valence-corrected chi connectivity index (χ2v) is 9.46. The molecule has 1 heterocycles. The molecular formula is C18H30N2O3Si. The predicted octanol–water partition coefficient (Wildman–Crippen LogP) is 3.43. The summed E-state index contributed by atoms with van der Waals surface area (Å²) in [5.74, 6) is 0. The third-order valence-electron chi connectivity index (χ3n) is 4.58. The topological polar surface area (TPSA) is 34.2 Å². The van der Waals surface area contributed by atoms with E-state index in [9.17, 15) is 0 Å². The second-order valence-electron chi connectivity index (χ2n) is 6.37. The highest BCUT2D eigenvalue weighted by Crippen LogP contribution is 2.29. The van der Waals surface area contributed by atoms with Crippen LogP contribution in [0.3, 0.4) is 0 Å². The Morgan fingerprint density at radius 1 is 0.958 bits per heavy atom. The van der Waals surface area contributed by atoms with Crippen LogP contribution < -0.4 is 4.90 Å². The molecule has 1 aliphatic rings. The summed E-state index contributed by atoms with van der Waals surface area (Å²) in [4.78, 5) is 4.64. The molecule has 0 saturated heterocycles. The average molecular weight is 351 g/mol. The smallest absolute Gasteiger partial charge is 0.377 e. The lowest BCUT2D eigenvalue weighted by Gasteiger charge is -2.27. The van der Waals surface area contributed by atoms with Crippen molar-refractivity contribution in [1.82, 2.24) is 4.90 Å². The first-order chi connectivity index (χ1) is 11.4. The zero-order valence-corrected chi connectivity index (χ0v) is 16.8. The molecule has 0 fully saturated rings. The van der Waals surface area contributed by atoms with Gasteiger partial charge in [-0.05, 0) is 38.3 Å². The highest BCUT2D eigenvalue weighted by atomic mass is 28.4. The number of anilines is 1. The number of benzene rings is 1. The number of hydrogen-bond donors (Lipinski definition) is 0. The molecule has 0 saturated carbocycles. The van der Waals surface area contributed by atoms with E-state index in [1.54, 1.807) is 21.3 Å². The van der Waals surface area contributed by atoms with Gasteiger partial charge in [-0.25, -0.2) is 0 Å². The third kappa shape index (κ3) is 4.19. The Labute approximate surface area is 147 Å². The molecule has 0 unspecified atom stereocenters. The van der Waals surface area contributed by atoms with Crippen molar-refractivity contribution in [3.63, 3.8) is 0 Å². The molecule has 0 N–H and O–H groups in total. The van der Waals surface area contributed by atoms with Crippen LogP contribution in [0.2, 0.25) is 6.04 Å². The summed E-state index contributed by atoms with van der Waals surface area (Å²) in [5, 5.41) is 0. The van der Waals surface area contributed by atoms with Crippen molar-refractivity contribution in [3.8, 4) is 0 Å². The predicted molar refractivity (Wildman–Crippen MR) is 100 cm³/mol. The minimum atomic E-state index is -2.46. The first kappa shape index (κ1) is 19.0. The number of nitrogens with zero attached hydrogens (tertiary/aromatic N) is 2. The van der Waals surface area contributed by atoms with Crippen LogP contribution in [0.15, 0.2) is 24.5 Å². The Morgan fingerprint density at radius 3 is 2.08 bits per heavy atom. The van der Waals surface area contributed by atoms with Gasteiger partial charge in [0.2, 0.25) is 0 Å². The minimum absolute atomic E-state index is 0.823. The minimum Gasteiger partial charge on any atom is -0.377 e. The van der Waals surface area contributed by atoms with Crippen LogP contribution in [0.1, 0.15) is 23.1 Å². The lowest BCUT2D eigenvalue weighted by atomic mass is 10.0. The first-order valence-corrected chi connectivity index (χ1v) is 10.3. The van der Waals surface area contributed by atoms with E-state index in [1.165, 1.54) is 22.4 Å². The molecule has 0 bridgehead atoms. The maximum Gasteiger partial charge on any atom is 0.500 e. The van der Waals surface area contributed by atoms with Crippen LogP contribution in [-0.2, 0) is 13.3 Å². The van der Waals surface area contributed by atoms with E-state index in [2.05, 4.69) is 55.1 Å². The van der Waals surface area contributed by atoms with Crippen LogP contribution in [0.4, 0.5) is 5.69 Å². The van der Waals surface area contributed by atoms with Crippen molar-refractivity contribution in [3.05, 3.63) is 41.2 Å². The highest BCUT2D eigenvalue weighted by molar-refractivity contribution is 6.60. The monoisotopic (exact) mass is 350 g/mol. The van der Waals surface area contributed by atoms with E-state index < -0.39 is 8.80 Å². The molecule has 1 aromatic rings. The van der Waals surface area contributed by atoms with Crippen molar-refractivity contribution < 1.29 is 13.3 Å². The highest BCUT2D eigenvalue weighted by Gasteiger charge is 2.37. The van der Waals surface area contributed by atoms with Crippen molar-refractivity contribution in [2.75, 3.05) is 39.4 Å². The second kappa shape index (κ2) is 8.16. The largest absolute Gasteiger partial charge is 0.500 e. The van der Waals surface area contributed by atoms with Gasteiger partial charge in [-0.15, -0.1) is 0 Å². The van der Waals surface area contributed by atoms with Gasteiger partial charge in [-0.1, -0.05) is 17.7 Å². The molecule has 24 heavy (non-hydrogen) atoms. The van der Waals surface area contributed by atoms with Gasteiger partial charge in [0.1, 0.15) is 0 Å². The molecule has 2 rings (SSSR count). The van der Waals surface area contributed by atoms with Crippen molar-refractivity contribution >= 4 is 14.5 Å². The summed E-state index contributed by atoms with van der Waals surface area (Å²) < 4.78 is 16.4. The quantitative estimate of drug-likeness (QED) is 0.671. The van der Waals surface area contributed by atoms with E-state index in [0.29, 0.717) is 0 Å². The van der Waals surface area contributed by atoms with Crippen molar-refractivity contribution in [1.29, 1.82) is 0 Å². The fourth-order valence-corrected chi connectivity index (χ4v) is 5.14. The van der Waals surface area contributed by atoms with Gasteiger partial charge >= 0.3 is 8.80 Å². The lowest BCUT2D eigenvalue weighted by molar-refractivity contribution is 0.122. The van der Waals surface area contributed by atoms with Crippen molar-refractivity contribution in [2.45, 2.75) is 33.2 Å². The maximum atomic E-state index is 5.48. The number of hydrogen-bond acceptors (Lipinski definition) is 5. The van der Waals surface area contributed by atoms with Crippen LogP contribution in [0, 0.1) is 20.8 Å². The van der Waals surface area contributed by atoms with Crippen LogP contribution in [0.25, 0.3) is 0 Å². The third-order valence-corrected chi connectivity index (χ3v) is 7.41. The van der Waals surface area contributed by atoms with Gasteiger partial charge in [-0.2, -0.15) is 0 Å². The zero-order valence-electron chi connectivity index (χ0n) is 15.8. The Kier molecular flexibility index (Phi) is 6.45. The van der Waals surface area contributed by atoms with Crippen LogP contribution in [-0.4, -0.2) is 48.2 Å². The molecule has 5 nitrogen and oxygen atoms in total. The fourth-order valence-electron chi connectivity index (χ4n) is 3.44. The fraction of sp³-hybridized carbons (Fsp3) is 0.556. The number of aryl methyl sites for hydroxylation is 3. The Bertz CT molecular complexity index is 556. The standard InChI is InChI=1S/C18H30N2O3Si/c1-15-12-16(2)18(17(3)13-15)20-10-9-19(14-20)8-7-11-24(21-4,22-5)23-6/h9-10,12-13H,7-8,11,14H2,1-6H3. The Balaban J connectivity index is 1.92. The summed E-state index contributed by atoms with van der Waals surface area (Å²) in [6.07, 6.45) is 5.30. The number of rotatable bonds is 8. The summed E-state index contributed by atoms with van der Waals surface area (Å²) in [6.45, 7) is 8.35. The zero-order chi connectivity index (χ0) is 17.7. The first-order valence-electron chi connectivity index (χ1n) is 8.37. The normalized spacial score (nSPS) is 14.8. The lowest BCUT2D eigenvalue weighted by Crippen LogP contribution is -2.43. The Hall–Kier alpha value is -1.34. The molecule has 6 heteroatoms. The molecule has 134 valence electrons. The van der Waals surface area contributed by atoms with Gasteiger partial charge in [0, 0.05) is 52.0 Å². The van der Waals surface area contributed by atoms with E-state index in [-0.39, 0.29) is 0 Å². The van der Waals surface area contributed by atoms with Gasteiger partial charge in [0.25, 0.3) is 0 Å². The van der Waals surface area contributed by atoms with Gasteiger partial charge in [0.05, 0.1) is 6.67 Å². The van der Waals surface area contributed by atoms with Gasteiger partial charge in [-0.3, -0.25) is 0 Å². The van der Waals surface area contributed by atoms with E-state index >= 15 is 0 Å². The molecule has 0 amide bonds. The van der Waals surface area contributed by atoms with Crippen LogP contribution in [0.5, 0.6) is 0 Å². The molecule has 1 aliphatic heterocycles. The summed E-state index contributed by atoms with van der Waals surface area (Å²) >= 11 is 0. The van der Waals surface area contributed by atoms with Gasteiger partial charge < -0.3 is 23.1 Å². The van der Waals surface area contributed by atoms with E-state index in [1.807, 2.05) is 0 Å².